The maximum atomic E-state index is 12.4. The Morgan fingerprint density at radius 3 is 2.10 bits per heavy atom. The van der Waals surface area contributed by atoms with Crippen LogP contribution in [0.2, 0.25) is 0 Å². The summed E-state index contributed by atoms with van der Waals surface area (Å²) in [6.07, 6.45) is 0. The first-order chi connectivity index (χ1) is 13.5. The number of rotatable bonds is 4. The van der Waals surface area contributed by atoms with Gasteiger partial charge in [0.05, 0.1) is 5.56 Å². The van der Waals surface area contributed by atoms with Gasteiger partial charge in [-0.15, -0.1) is 5.10 Å². The molecule has 0 fully saturated rings. The molecular weight excluding hydrogens is 367 g/mol. The van der Waals surface area contributed by atoms with E-state index in [0.29, 0.717) is 5.56 Å². The topological polar surface area (TPSA) is 105 Å². The van der Waals surface area contributed by atoms with Crippen molar-refractivity contribution in [3.63, 3.8) is 0 Å². The van der Waals surface area contributed by atoms with Gasteiger partial charge in [0.1, 0.15) is 23.2 Å². The fourth-order valence-electron chi connectivity index (χ4n) is 3.10. The van der Waals surface area contributed by atoms with Gasteiger partial charge in [0.15, 0.2) is 0 Å². The van der Waals surface area contributed by atoms with E-state index in [9.17, 15) is 20.1 Å². The molecule has 0 amide bonds. The molecule has 7 nitrogen and oxygen atoms in total. The number of nitrogens with zero attached hydrogens (tertiary/aromatic N) is 2. The molecule has 1 aliphatic heterocycles. The van der Waals surface area contributed by atoms with Crippen LogP contribution in [0.3, 0.4) is 0 Å². The minimum atomic E-state index is -2.31. The Hall–Kier alpha value is -3.40. The van der Waals surface area contributed by atoms with Crippen LogP contribution in [-0.4, -0.2) is 22.1 Å². The molecule has 8 heteroatoms. The molecule has 4 rings (SSSR count). The minimum Gasteiger partial charge on any atom is -0.544 e. The van der Waals surface area contributed by atoms with Gasteiger partial charge in [0.2, 0.25) is 5.90 Å². The average molecular weight is 382 g/mol. The molecule has 140 valence electrons. The summed E-state index contributed by atoms with van der Waals surface area (Å²) in [6.45, 7) is 0. The Kier molecular flexibility index (Phi) is 5.55. The number of phenols is 2. The number of carboxylic acid groups (broad SMARTS) is 1. The number of anilines is 1. The summed E-state index contributed by atoms with van der Waals surface area (Å²) in [5, 5.41) is 38.4. The Morgan fingerprint density at radius 1 is 0.897 bits per heavy atom. The summed E-state index contributed by atoms with van der Waals surface area (Å²) in [6, 6.07) is 20.7. The van der Waals surface area contributed by atoms with Gasteiger partial charge in [-0.05, 0) is 36.4 Å². The van der Waals surface area contributed by atoms with Gasteiger partial charge in [-0.1, -0.05) is 42.5 Å². The molecule has 0 aliphatic carbocycles. The number of aromatic hydroxyl groups is 2. The van der Waals surface area contributed by atoms with Crippen LogP contribution in [0.5, 0.6) is 11.5 Å². The van der Waals surface area contributed by atoms with Crippen molar-refractivity contribution >= 4 is 17.6 Å². The smallest absolute Gasteiger partial charge is 0.544 e. The van der Waals surface area contributed by atoms with Crippen LogP contribution in [0.15, 0.2) is 84.0 Å². The quantitative estimate of drug-likeness (QED) is 0.556. The molecule has 0 spiro atoms. The third kappa shape index (κ3) is 3.31. The zero-order chi connectivity index (χ0) is 19.7. The molecule has 3 aromatic rings. The van der Waals surface area contributed by atoms with Crippen LogP contribution in [0.4, 0.5) is 5.69 Å². The van der Waals surface area contributed by atoms with E-state index >= 15 is 0 Å². The number of para-hydroxylation sites is 3. The van der Waals surface area contributed by atoms with Crippen molar-refractivity contribution in [3.05, 3.63) is 90.0 Å². The third-order valence-electron chi connectivity index (χ3n) is 4.41. The molecule has 0 aromatic heterocycles. The molecule has 0 radical (unpaired) electrons. The van der Waals surface area contributed by atoms with Crippen LogP contribution in [0, 0.1) is 0 Å². The summed E-state index contributed by atoms with van der Waals surface area (Å²) in [5.41, 5.74) is -1.77. The number of benzene rings is 3. The second-order valence-corrected chi connectivity index (χ2v) is 6.12. The van der Waals surface area contributed by atoms with Crippen LogP contribution in [-0.2, 0) is 15.3 Å². The molecule has 1 aliphatic rings. The minimum absolute atomic E-state index is 0. The first-order valence-electron chi connectivity index (χ1n) is 8.45. The molecule has 1 heterocycles. The van der Waals surface area contributed by atoms with Gasteiger partial charge in [-0.3, -0.25) is 0 Å². The van der Waals surface area contributed by atoms with E-state index in [2.05, 4.69) is 5.10 Å². The van der Waals surface area contributed by atoms with E-state index in [1.54, 1.807) is 54.6 Å². The van der Waals surface area contributed by atoms with Crippen molar-refractivity contribution in [2.75, 3.05) is 5.01 Å². The second kappa shape index (κ2) is 7.92. The maximum absolute atomic E-state index is 12.4. The monoisotopic (exact) mass is 382 g/mol. The Bertz CT molecular complexity index is 1070. The predicted molar refractivity (Wildman–Crippen MR) is 99.4 cm³/mol. The number of carbonyl (C=O) groups is 1. The summed E-state index contributed by atoms with van der Waals surface area (Å²) in [5.74, 6) is -2.15. The Balaban J connectivity index is 0.00000240. The SMILES string of the molecule is O=C([O-])C1(c2ccccc2O)OC(c2ccccc2)=NN1c1ccccc1O.[Li+]. The van der Waals surface area contributed by atoms with Gasteiger partial charge < -0.3 is 24.9 Å². The van der Waals surface area contributed by atoms with Gasteiger partial charge in [-0.25, -0.2) is 5.01 Å². The number of carbonyl (C=O) groups excluding carboxylic acids is 1. The van der Waals surface area contributed by atoms with Crippen LogP contribution < -0.4 is 29.0 Å². The molecule has 1 atom stereocenters. The van der Waals surface area contributed by atoms with Gasteiger partial charge in [-0.2, -0.15) is 0 Å². The second-order valence-electron chi connectivity index (χ2n) is 6.12. The predicted octanol–water partition coefficient (Wildman–Crippen LogP) is -1.10. The fourth-order valence-corrected chi connectivity index (χ4v) is 3.10. The van der Waals surface area contributed by atoms with Crippen molar-refractivity contribution in [1.29, 1.82) is 0 Å². The molecule has 29 heavy (non-hydrogen) atoms. The van der Waals surface area contributed by atoms with Crippen molar-refractivity contribution in [2.24, 2.45) is 5.10 Å². The Labute approximate surface area is 178 Å². The fraction of sp³-hybridized carbons (Fsp3) is 0.0476. The molecule has 3 aromatic carbocycles. The van der Waals surface area contributed by atoms with E-state index in [4.69, 9.17) is 4.74 Å². The molecule has 0 saturated carbocycles. The van der Waals surface area contributed by atoms with Crippen LogP contribution in [0.25, 0.3) is 0 Å². The molecule has 0 saturated heterocycles. The number of hydrogen-bond donors (Lipinski definition) is 2. The van der Waals surface area contributed by atoms with E-state index in [1.807, 2.05) is 0 Å². The zero-order valence-electron chi connectivity index (χ0n) is 15.5. The summed E-state index contributed by atoms with van der Waals surface area (Å²) in [7, 11) is 0. The summed E-state index contributed by atoms with van der Waals surface area (Å²) < 4.78 is 5.83. The van der Waals surface area contributed by atoms with Gasteiger partial charge in [0, 0.05) is 5.56 Å². The largest absolute Gasteiger partial charge is 1.00 e. The molecule has 2 N–H and O–H groups in total. The number of hydrazone groups is 1. The van der Waals surface area contributed by atoms with E-state index in [0.717, 1.165) is 5.01 Å². The van der Waals surface area contributed by atoms with Crippen LogP contribution in [0.1, 0.15) is 11.1 Å². The zero-order valence-corrected chi connectivity index (χ0v) is 15.5. The van der Waals surface area contributed by atoms with E-state index in [-0.39, 0.29) is 47.5 Å². The van der Waals surface area contributed by atoms with Crippen molar-refractivity contribution in [3.8, 4) is 11.5 Å². The molecule has 1 unspecified atom stereocenters. The van der Waals surface area contributed by atoms with Crippen molar-refractivity contribution in [2.45, 2.75) is 5.72 Å². The Morgan fingerprint density at radius 2 is 1.48 bits per heavy atom. The number of phenolic OH excluding ortho intramolecular Hbond substituents is 2. The summed E-state index contributed by atoms with van der Waals surface area (Å²) in [4.78, 5) is 12.4. The summed E-state index contributed by atoms with van der Waals surface area (Å²) >= 11 is 0. The number of hydrogen-bond acceptors (Lipinski definition) is 7. The average Bonchev–Trinajstić information content (AvgIpc) is 3.11. The van der Waals surface area contributed by atoms with Crippen molar-refractivity contribution < 1.29 is 43.7 Å². The van der Waals surface area contributed by atoms with Crippen LogP contribution >= 0.6 is 0 Å². The molecule has 0 bridgehead atoms. The normalized spacial score (nSPS) is 17.8. The van der Waals surface area contributed by atoms with Gasteiger partial charge in [0.25, 0.3) is 5.72 Å². The standard InChI is InChI=1S/C21H16N2O5.Li/c24-17-12-6-4-10-15(17)21(20(26)27)23(16-11-5-7-13-18(16)25)22-19(28-21)14-8-2-1-3-9-14;/h1-13,24-25H,(H,26,27);/q;+1/p-1. The third-order valence-corrected chi connectivity index (χ3v) is 4.41. The number of ether oxygens (including phenoxy) is 1. The first-order valence-corrected chi connectivity index (χ1v) is 8.45. The first kappa shape index (κ1) is 20.3. The van der Waals surface area contributed by atoms with E-state index in [1.165, 1.54) is 24.3 Å². The van der Waals surface area contributed by atoms with E-state index < -0.39 is 11.7 Å². The number of aliphatic carboxylic acids is 1. The van der Waals surface area contributed by atoms with Gasteiger partial charge >= 0.3 is 18.9 Å². The maximum Gasteiger partial charge on any atom is 1.00 e. The molecular formula is C21H15LiN2O5. The number of carboxylic acids is 1. The van der Waals surface area contributed by atoms with Crippen molar-refractivity contribution in [1.82, 2.24) is 0 Å².